The van der Waals surface area contributed by atoms with Crippen LogP contribution in [0.1, 0.15) is 24.8 Å². The zero-order valence-electron chi connectivity index (χ0n) is 13.9. The highest BCUT2D eigenvalue weighted by Crippen LogP contribution is 2.32. The van der Waals surface area contributed by atoms with Crippen LogP contribution in [-0.2, 0) is 19.6 Å². The predicted octanol–water partition coefficient (Wildman–Crippen LogP) is 1.68. The van der Waals surface area contributed by atoms with Gasteiger partial charge in [-0.3, -0.25) is 9.59 Å². The Hall–Kier alpha value is -1.93. The Morgan fingerprint density at radius 3 is 2.38 bits per heavy atom. The van der Waals surface area contributed by atoms with E-state index in [1.54, 1.807) is 19.1 Å². The van der Waals surface area contributed by atoms with E-state index in [4.69, 9.17) is 5.11 Å². The molecule has 2 atom stereocenters. The molecule has 1 aliphatic rings. The van der Waals surface area contributed by atoms with E-state index in [1.807, 2.05) is 0 Å². The molecule has 2 N–H and O–H groups in total. The number of carbonyl (C=O) groups excluding carboxylic acids is 1. The molecule has 1 amide bonds. The number of rotatable bonds is 5. The van der Waals surface area contributed by atoms with Crippen LogP contribution in [0.5, 0.6) is 0 Å². The first-order chi connectivity index (χ1) is 11.1. The molecule has 0 aliphatic heterocycles. The van der Waals surface area contributed by atoms with Crippen LogP contribution in [0, 0.1) is 18.8 Å². The summed E-state index contributed by atoms with van der Waals surface area (Å²) < 4.78 is 25.7. The maximum Gasteiger partial charge on any atom is 0.306 e. The van der Waals surface area contributed by atoms with Gasteiger partial charge in [0.05, 0.1) is 10.8 Å². The van der Waals surface area contributed by atoms with Gasteiger partial charge in [-0.15, -0.1) is 0 Å². The number of hydrogen-bond donors (Lipinski definition) is 2. The molecule has 0 bridgehead atoms. The third kappa shape index (κ3) is 3.76. The lowest BCUT2D eigenvalue weighted by atomic mass is 10.0. The minimum atomic E-state index is -3.60. The molecule has 0 spiro atoms. The highest BCUT2D eigenvalue weighted by atomic mass is 32.2. The first-order valence-corrected chi connectivity index (χ1v) is 9.13. The van der Waals surface area contributed by atoms with E-state index < -0.39 is 21.9 Å². The molecule has 0 aromatic heterocycles. The van der Waals surface area contributed by atoms with Crippen LogP contribution in [0.3, 0.4) is 0 Å². The van der Waals surface area contributed by atoms with E-state index in [0.29, 0.717) is 30.5 Å². The second kappa shape index (κ2) is 6.90. The number of anilines is 1. The molecular formula is C16H22N2O5S. The molecule has 1 aromatic carbocycles. The molecule has 7 nitrogen and oxygen atoms in total. The molecule has 0 saturated heterocycles. The van der Waals surface area contributed by atoms with Crippen molar-refractivity contribution in [3.8, 4) is 0 Å². The summed E-state index contributed by atoms with van der Waals surface area (Å²) >= 11 is 0. The van der Waals surface area contributed by atoms with Gasteiger partial charge < -0.3 is 10.4 Å². The fourth-order valence-corrected chi connectivity index (χ4v) is 3.98. The van der Waals surface area contributed by atoms with Gasteiger partial charge in [0.1, 0.15) is 0 Å². The normalized spacial score (nSPS) is 21.0. The molecule has 1 aromatic rings. The summed E-state index contributed by atoms with van der Waals surface area (Å²) in [5.41, 5.74) is 0.985. The van der Waals surface area contributed by atoms with Gasteiger partial charge in [0.2, 0.25) is 15.9 Å². The number of aryl methyl sites for hydroxylation is 1. The molecule has 132 valence electrons. The smallest absolute Gasteiger partial charge is 0.306 e. The Labute approximate surface area is 141 Å². The molecule has 0 heterocycles. The monoisotopic (exact) mass is 354 g/mol. The fourth-order valence-electron chi connectivity index (χ4n) is 2.84. The van der Waals surface area contributed by atoms with Crippen LogP contribution in [0.4, 0.5) is 5.69 Å². The summed E-state index contributed by atoms with van der Waals surface area (Å²) in [6, 6.07) is 4.72. The molecule has 1 saturated carbocycles. The van der Waals surface area contributed by atoms with E-state index in [0.717, 1.165) is 4.31 Å². The topological polar surface area (TPSA) is 104 Å². The van der Waals surface area contributed by atoms with Gasteiger partial charge in [0.25, 0.3) is 0 Å². The van der Waals surface area contributed by atoms with Crippen molar-refractivity contribution >= 4 is 27.6 Å². The van der Waals surface area contributed by atoms with Crippen molar-refractivity contribution in [3.05, 3.63) is 23.8 Å². The van der Waals surface area contributed by atoms with Crippen LogP contribution < -0.4 is 5.32 Å². The molecule has 0 unspecified atom stereocenters. The van der Waals surface area contributed by atoms with Crippen molar-refractivity contribution < 1.29 is 23.1 Å². The van der Waals surface area contributed by atoms with E-state index in [-0.39, 0.29) is 16.7 Å². The van der Waals surface area contributed by atoms with Crippen molar-refractivity contribution in [2.24, 2.45) is 11.8 Å². The molecule has 24 heavy (non-hydrogen) atoms. The maximum absolute atomic E-state index is 12.3. The zero-order chi connectivity index (χ0) is 18.1. The number of nitrogens with zero attached hydrogens (tertiary/aromatic N) is 1. The average molecular weight is 354 g/mol. The summed E-state index contributed by atoms with van der Waals surface area (Å²) in [6.45, 7) is 1.69. The minimum absolute atomic E-state index is 0.139. The van der Waals surface area contributed by atoms with Crippen molar-refractivity contribution in [1.29, 1.82) is 0 Å². The van der Waals surface area contributed by atoms with Crippen LogP contribution in [-0.4, -0.2) is 43.8 Å². The second-order valence-electron chi connectivity index (χ2n) is 6.30. The van der Waals surface area contributed by atoms with Crippen LogP contribution in [0.15, 0.2) is 23.1 Å². The number of benzene rings is 1. The largest absolute Gasteiger partial charge is 0.481 e. The third-order valence-corrected chi connectivity index (χ3v) is 6.32. The lowest BCUT2D eigenvalue weighted by Crippen LogP contribution is -2.24. The number of amides is 1. The minimum Gasteiger partial charge on any atom is -0.481 e. The van der Waals surface area contributed by atoms with Gasteiger partial charge in [0.15, 0.2) is 0 Å². The third-order valence-electron chi connectivity index (χ3n) is 4.37. The molecule has 1 aliphatic carbocycles. The van der Waals surface area contributed by atoms with Crippen LogP contribution >= 0.6 is 0 Å². The van der Waals surface area contributed by atoms with Crippen molar-refractivity contribution in [3.63, 3.8) is 0 Å². The molecular weight excluding hydrogens is 332 g/mol. The lowest BCUT2D eigenvalue weighted by Gasteiger charge is -2.16. The predicted molar refractivity (Wildman–Crippen MR) is 89.1 cm³/mol. The average Bonchev–Trinajstić information content (AvgIpc) is 2.99. The Balaban J connectivity index is 2.17. The van der Waals surface area contributed by atoms with E-state index in [1.165, 1.54) is 20.2 Å². The van der Waals surface area contributed by atoms with Gasteiger partial charge in [-0.1, -0.05) is 6.07 Å². The van der Waals surface area contributed by atoms with Gasteiger partial charge in [0, 0.05) is 25.7 Å². The molecule has 0 radical (unpaired) electrons. The van der Waals surface area contributed by atoms with Crippen LogP contribution in [0.2, 0.25) is 0 Å². The van der Waals surface area contributed by atoms with Crippen molar-refractivity contribution in [2.75, 3.05) is 19.4 Å². The number of aliphatic carboxylic acids is 1. The number of hydrogen-bond acceptors (Lipinski definition) is 4. The Morgan fingerprint density at radius 1 is 1.21 bits per heavy atom. The fraction of sp³-hybridized carbons (Fsp3) is 0.500. The van der Waals surface area contributed by atoms with Gasteiger partial charge in [-0.2, -0.15) is 0 Å². The first kappa shape index (κ1) is 18.4. The van der Waals surface area contributed by atoms with Gasteiger partial charge in [-0.25, -0.2) is 12.7 Å². The summed E-state index contributed by atoms with van der Waals surface area (Å²) in [6.07, 6.45) is 1.33. The second-order valence-corrected chi connectivity index (χ2v) is 8.42. The van der Waals surface area contributed by atoms with E-state index in [2.05, 4.69) is 5.32 Å². The van der Waals surface area contributed by atoms with Crippen molar-refractivity contribution in [2.45, 2.75) is 31.1 Å². The summed E-state index contributed by atoms with van der Waals surface area (Å²) in [4.78, 5) is 23.4. The Bertz CT molecular complexity index is 758. The zero-order valence-corrected chi connectivity index (χ0v) is 14.8. The molecule has 1 fully saturated rings. The number of carboxylic acids is 1. The highest BCUT2D eigenvalue weighted by molar-refractivity contribution is 7.89. The summed E-state index contributed by atoms with van der Waals surface area (Å²) in [5, 5.41) is 11.7. The van der Waals surface area contributed by atoms with Crippen LogP contribution in [0.25, 0.3) is 0 Å². The van der Waals surface area contributed by atoms with E-state index >= 15 is 0 Å². The Morgan fingerprint density at radius 2 is 1.83 bits per heavy atom. The molecule has 2 rings (SSSR count). The number of carbonyl (C=O) groups is 2. The summed E-state index contributed by atoms with van der Waals surface area (Å²) in [5.74, 6) is -1.99. The van der Waals surface area contributed by atoms with Gasteiger partial charge >= 0.3 is 5.97 Å². The Kier molecular flexibility index (Phi) is 5.29. The molecule has 8 heteroatoms. The maximum atomic E-state index is 12.3. The highest BCUT2D eigenvalue weighted by Gasteiger charge is 2.34. The number of carboxylic acid groups (broad SMARTS) is 1. The summed E-state index contributed by atoms with van der Waals surface area (Å²) in [7, 11) is -0.703. The standard InChI is InChI=1S/C16H22N2O5S/c1-10-4-7-13(9-14(10)24(22,23)18(2)3)17-15(19)11-5-6-12(8-11)16(20)21/h4,7,9,11-12H,5-6,8H2,1-3H3,(H,17,19)(H,20,21)/t11-,12+/m1/s1. The quantitative estimate of drug-likeness (QED) is 0.837. The number of nitrogens with one attached hydrogen (secondary N) is 1. The van der Waals surface area contributed by atoms with Gasteiger partial charge in [-0.05, 0) is 43.9 Å². The number of sulfonamides is 1. The van der Waals surface area contributed by atoms with E-state index in [9.17, 15) is 18.0 Å². The lowest BCUT2D eigenvalue weighted by molar-refractivity contribution is -0.141. The van der Waals surface area contributed by atoms with Crippen molar-refractivity contribution in [1.82, 2.24) is 4.31 Å². The SMILES string of the molecule is Cc1ccc(NC(=O)[C@@H]2CC[C@H](C(=O)O)C2)cc1S(=O)(=O)N(C)C. The first-order valence-electron chi connectivity index (χ1n) is 7.69.